The van der Waals surface area contributed by atoms with Crippen molar-refractivity contribution in [2.45, 2.75) is 52.3 Å². The summed E-state index contributed by atoms with van der Waals surface area (Å²) in [5.41, 5.74) is 3.02. The molecule has 8 heteroatoms. The molecule has 0 aromatic heterocycles. The predicted octanol–water partition coefficient (Wildman–Crippen LogP) is 4.48. The van der Waals surface area contributed by atoms with E-state index in [0.717, 1.165) is 30.6 Å². The first kappa shape index (κ1) is 27.0. The van der Waals surface area contributed by atoms with Crippen molar-refractivity contribution in [3.8, 4) is 0 Å². The number of guanidine groups is 1. The summed E-state index contributed by atoms with van der Waals surface area (Å²) in [5.74, 6) is 0.313. The summed E-state index contributed by atoms with van der Waals surface area (Å²) in [6.45, 7) is 8.13. The van der Waals surface area contributed by atoms with Crippen molar-refractivity contribution in [2.75, 3.05) is 19.7 Å². The average Bonchev–Trinajstić information content (AvgIpc) is 3.31. The van der Waals surface area contributed by atoms with Crippen LogP contribution in [0.4, 0.5) is 4.39 Å². The molecule has 1 fully saturated rings. The first-order valence-electron chi connectivity index (χ1n) is 11.3. The molecule has 3 rings (SSSR count). The number of hydrogen-bond donors (Lipinski definition) is 3. The van der Waals surface area contributed by atoms with Crippen molar-refractivity contribution in [2.24, 2.45) is 4.99 Å². The fourth-order valence-electron chi connectivity index (χ4n) is 3.58. The Balaban J connectivity index is 0.00000385. The van der Waals surface area contributed by atoms with Crippen LogP contribution in [-0.2, 0) is 11.3 Å². The molecule has 0 spiro atoms. The summed E-state index contributed by atoms with van der Waals surface area (Å²) >= 11 is 0. The summed E-state index contributed by atoms with van der Waals surface area (Å²) in [7, 11) is 0. The van der Waals surface area contributed by atoms with Crippen LogP contribution < -0.4 is 16.0 Å². The van der Waals surface area contributed by atoms with E-state index in [0.29, 0.717) is 36.7 Å². The minimum atomic E-state index is -0.215. The molecule has 2 atom stereocenters. The molecule has 1 amide bonds. The molecule has 0 aliphatic carbocycles. The molecule has 3 N–H and O–H groups in total. The Labute approximate surface area is 212 Å². The van der Waals surface area contributed by atoms with Crippen LogP contribution in [0.15, 0.2) is 47.5 Å². The molecule has 2 unspecified atom stereocenters. The second-order valence-corrected chi connectivity index (χ2v) is 8.12. The summed E-state index contributed by atoms with van der Waals surface area (Å²) in [6, 6.07) is 12.6. The Bertz CT molecular complexity index is 948. The van der Waals surface area contributed by atoms with E-state index in [1.54, 1.807) is 25.1 Å². The van der Waals surface area contributed by atoms with Crippen molar-refractivity contribution in [3.63, 3.8) is 0 Å². The van der Waals surface area contributed by atoms with Gasteiger partial charge in [0.05, 0.1) is 18.7 Å². The van der Waals surface area contributed by atoms with Crippen molar-refractivity contribution in [1.82, 2.24) is 16.0 Å². The van der Waals surface area contributed by atoms with E-state index in [1.165, 1.54) is 0 Å². The van der Waals surface area contributed by atoms with Crippen LogP contribution in [0.25, 0.3) is 0 Å². The minimum Gasteiger partial charge on any atom is -0.376 e. The highest BCUT2D eigenvalue weighted by Crippen LogP contribution is 2.16. The maximum absolute atomic E-state index is 13.9. The molecule has 180 valence electrons. The molecule has 33 heavy (non-hydrogen) atoms. The number of nitrogens with zero attached hydrogens (tertiary/aromatic N) is 1. The topological polar surface area (TPSA) is 74.8 Å². The lowest BCUT2D eigenvalue weighted by molar-refractivity contribution is 0.0857. The van der Waals surface area contributed by atoms with E-state index in [9.17, 15) is 9.18 Å². The molecule has 1 saturated heterocycles. The third kappa shape index (κ3) is 8.26. The standard InChI is InChI=1S/C25H33FN4O2.HI/c1-4-27-25(30-18(3)20-11-10-17(2)23(26)14-20)29-15-19-7-5-8-21(13-19)24(31)28-16-22-9-6-12-32-22;/h5,7-8,10-11,13-14,18,22H,4,6,9,12,15-16H2,1-3H3,(H,28,31)(H2,27,29,30);1H. The molecule has 6 nitrogen and oxygen atoms in total. The number of ether oxygens (including phenoxy) is 1. The lowest BCUT2D eigenvalue weighted by atomic mass is 10.1. The number of halogens is 2. The molecule has 0 saturated carbocycles. The van der Waals surface area contributed by atoms with Crippen LogP contribution >= 0.6 is 24.0 Å². The number of hydrogen-bond acceptors (Lipinski definition) is 3. The van der Waals surface area contributed by atoms with E-state index < -0.39 is 0 Å². The van der Waals surface area contributed by atoms with Gasteiger partial charge in [0.25, 0.3) is 5.91 Å². The zero-order valence-corrected chi connectivity index (χ0v) is 21.8. The number of carbonyl (C=O) groups excluding carboxylic acids is 1. The normalized spacial score (nSPS) is 16.6. The summed E-state index contributed by atoms with van der Waals surface area (Å²) in [5, 5.41) is 9.49. The number of nitrogens with one attached hydrogen (secondary N) is 3. The SMILES string of the molecule is CCNC(=NCc1cccc(C(=O)NCC2CCCO2)c1)NC(C)c1ccc(C)c(F)c1.I. The van der Waals surface area contributed by atoms with Gasteiger partial charge >= 0.3 is 0 Å². The van der Waals surface area contributed by atoms with Crippen molar-refractivity contribution < 1.29 is 13.9 Å². The first-order valence-corrected chi connectivity index (χ1v) is 11.3. The van der Waals surface area contributed by atoms with E-state index in [4.69, 9.17) is 4.74 Å². The molecule has 0 radical (unpaired) electrons. The van der Waals surface area contributed by atoms with Crippen LogP contribution in [0.2, 0.25) is 0 Å². The van der Waals surface area contributed by atoms with Gasteiger partial charge in [0.2, 0.25) is 0 Å². The summed E-state index contributed by atoms with van der Waals surface area (Å²) in [4.78, 5) is 17.1. The highest BCUT2D eigenvalue weighted by Gasteiger charge is 2.17. The zero-order chi connectivity index (χ0) is 22.9. The van der Waals surface area contributed by atoms with Gasteiger partial charge in [-0.1, -0.05) is 24.3 Å². The Morgan fingerprint density at radius 1 is 1.24 bits per heavy atom. The fraction of sp³-hybridized carbons (Fsp3) is 0.440. The van der Waals surface area contributed by atoms with Gasteiger partial charge in [-0.25, -0.2) is 9.38 Å². The van der Waals surface area contributed by atoms with Crippen LogP contribution in [0.3, 0.4) is 0 Å². The number of aliphatic imine (C=N–C) groups is 1. The molecule has 2 aromatic carbocycles. The smallest absolute Gasteiger partial charge is 0.251 e. The number of rotatable bonds is 8. The van der Waals surface area contributed by atoms with E-state index in [2.05, 4.69) is 20.9 Å². The van der Waals surface area contributed by atoms with Crippen molar-refractivity contribution in [1.29, 1.82) is 0 Å². The molecular weight excluding hydrogens is 534 g/mol. The van der Waals surface area contributed by atoms with Gasteiger partial charge in [-0.15, -0.1) is 24.0 Å². The quantitative estimate of drug-likeness (QED) is 0.250. The zero-order valence-electron chi connectivity index (χ0n) is 19.5. The number of amides is 1. The summed E-state index contributed by atoms with van der Waals surface area (Å²) < 4.78 is 19.5. The van der Waals surface area contributed by atoms with Crippen LogP contribution in [0, 0.1) is 12.7 Å². The second-order valence-electron chi connectivity index (χ2n) is 8.12. The average molecular weight is 568 g/mol. The van der Waals surface area contributed by atoms with E-state index >= 15 is 0 Å². The molecule has 2 aromatic rings. The van der Waals surface area contributed by atoms with Crippen LogP contribution in [0.1, 0.15) is 59.8 Å². The van der Waals surface area contributed by atoms with Gasteiger partial charge < -0.3 is 20.7 Å². The third-order valence-corrected chi connectivity index (χ3v) is 5.52. The highest BCUT2D eigenvalue weighted by molar-refractivity contribution is 14.0. The van der Waals surface area contributed by atoms with E-state index in [-0.39, 0.29) is 47.8 Å². The van der Waals surface area contributed by atoms with Crippen LogP contribution in [0.5, 0.6) is 0 Å². The maximum Gasteiger partial charge on any atom is 0.251 e. The Morgan fingerprint density at radius 2 is 2.06 bits per heavy atom. The number of benzene rings is 2. The second kappa shape index (κ2) is 13.5. The Hall–Kier alpha value is -2.20. The Morgan fingerprint density at radius 3 is 2.76 bits per heavy atom. The van der Waals surface area contributed by atoms with Gasteiger partial charge in [0.1, 0.15) is 5.82 Å². The van der Waals surface area contributed by atoms with Gasteiger partial charge in [-0.3, -0.25) is 4.79 Å². The third-order valence-electron chi connectivity index (χ3n) is 5.52. The monoisotopic (exact) mass is 568 g/mol. The molecule has 0 bridgehead atoms. The lowest BCUT2D eigenvalue weighted by Gasteiger charge is -2.18. The van der Waals surface area contributed by atoms with Gasteiger partial charge in [0.15, 0.2) is 5.96 Å². The predicted molar refractivity (Wildman–Crippen MR) is 141 cm³/mol. The number of aryl methyl sites for hydroxylation is 1. The van der Waals surface area contributed by atoms with Crippen molar-refractivity contribution >= 4 is 35.8 Å². The van der Waals surface area contributed by atoms with Gasteiger partial charge in [-0.05, 0) is 68.5 Å². The first-order chi connectivity index (χ1) is 15.5. The maximum atomic E-state index is 13.9. The van der Waals surface area contributed by atoms with E-state index in [1.807, 2.05) is 38.1 Å². The lowest BCUT2D eigenvalue weighted by Crippen LogP contribution is -2.38. The molecular formula is C25H34FIN4O2. The highest BCUT2D eigenvalue weighted by atomic mass is 127. The largest absolute Gasteiger partial charge is 0.376 e. The fourth-order valence-corrected chi connectivity index (χ4v) is 3.58. The van der Waals surface area contributed by atoms with Crippen molar-refractivity contribution in [3.05, 3.63) is 70.5 Å². The molecule has 1 heterocycles. The molecule has 1 aliphatic heterocycles. The number of carbonyl (C=O) groups is 1. The minimum absolute atomic E-state index is 0. The Kier molecular flexibility index (Phi) is 11.1. The van der Waals surface area contributed by atoms with Gasteiger partial charge in [-0.2, -0.15) is 0 Å². The summed E-state index contributed by atoms with van der Waals surface area (Å²) in [6.07, 6.45) is 2.15. The van der Waals surface area contributed by atoms with Crippen LogP contribution in [-0.4, -0.2) is 37.7 Å². The van der Waals surface area contributed by atoms with Gasteiger partial charge in [0, 0.05) is 25.3 Å². The molecule has 1 aliphatic rings.